The zero-order valence-electron chi connectivity index (χ0n) is 9.76. The molecule has 0 spiro atoms. The molecular weight excluding hydrogens is 289 g/mol. The molecule has 0 fully saturated rings. The second kappa shape index (κ2) is 6.56. The molecule has 0 heterocycles. The lowest BCUT2D eigenvalue weighted by molar-refractivity contribution is 0.250. The zero-order chi connectivity index (χ0) is 12.8. The van der Waals surface area contributed by atoms with E-state index in [4.69, 9.17) is 0 Å². The maximum Gasteiger partial charge on any atom is 0.319 e. The minimum atomic E-state index is -0.470. The minimum absolute atomic E-state index is 0.163. The highest BCUT2D eigenvalue weighted by Crippen LogP contribution is 2.18. The van der Waals surface area contributed by atoms with Crippen molar-refractivity contribution in [2.24, 2.45) is 0 Å². The molecule has 0 aromatic heterocycles. The van der Waals surface area contributed by atoms with E-state index in [1.165, 1.54) is 12.1 Å². The number of hydrogen-bond acceptors (Lipinski definition) is 2. The predicted octanol–water partition coefficient (Wildman–Crippen LogP) is 2.27. The van der Waals surface area contributed by atoms with Crippen LogP contribution in [0.1, 0.15) is 0 Å². The summed E-state index contributed by atoms with van der Waals surface area (Å²) < 4.78 is 14.0. The number of hydrogen-bond donors (Lipinski definition) is 2. The summed E-state index contributed by atoms with van der Waals surface area (Å²) in [5.41, 5.74) is 0.163. The smallest absolute Gasteiger partial charge is 0.319 e. The van der Waals surface area contributed by atoms with Gasteiger partial charge in [0.1, 0.15) is 5.82 Å². The molecule has 94 valence electrons. The lowest BCUT2D eigenvalue weighted by Gasteiger charge is -2.11. The number of nitrogens with zero attached hydrogens (tertiary/aromatic N) is 1. The third-order valence-corrected chi connectivity index (χ3v) is 2.52. The highest BCUT2D eigenvalue weighted by Gasteiger charge is 2.06. The van der Waals surface area contributed by atoms with Gasteiger partial charge in [0.2, 0.25) is 0 Å². The number of urea groups is 1. The average molecular weight is 304 g/mol. The van der Waals surface area contributed by atoms with Gasteiger partial charge in [0.05, 0.1) is 5.69 Å². The summed E-state index contributed by atoms with van der Waals surface area (Å²) in [6, 6.07) is 4.06. The largest absolute Gasteiger partial charge is 0.337 e. The Balaban J connectivity index is 2.45. The van der Waals surface area contributed by atoms with Gasteiger partial charge >= 0.3 is 6.03 Å². The Bertz CT molecular complexity index is 398. The third-order valence-electron chi connectivity index (χ3n) is 2.02. The number of carbonyl (C=O) groups excluding carboxylic acids is 1. The van der Waals surface area contributed by atoms with Gasteiger partial charge in [-0.2, -0.15) is 0 Å². The molecule has 2 N–H and O–H groups in total. The third kappa shape index (κ3) is 5.14. The Morgan fingerprint density at radius 3 is 2.76 bits per heavy atom. The van der Waals surface area contributed by atoms with E-state index in [9.17, 15) is 9.18 Å². The summed E-state index contributed by atoms with van der Waals surface area (Å²) in [7, 11) is 3.82. The van der Waals surface area contributed by atoms with Gasteiger partial charge in [0, 0.05) is 17.6 Å². The summed E-state index contributed by atoms with van der Waals surface area (Å²) in [5.74, 6) is -0.470. The van der Waals surface area contributed by atoms with E-state index in [0.717, 1.165) is 6.54 Å². The first-order chi connectivity index (χ1) is 7.99. The van der Waals surface area contributed by atoms with Crippen LogP contribution in [0.25, 0.3) is 0 Å². The number of halogens is 2. The molecule has 4 nitrogen and oxygen atoms in total. The van der Waals surface area contributed by atoms with Crippen molar-refractivity contribution < 1.29 is 9.18 Å². The Morgan fingerprint density at radius 1 is 1.47 bits per heavy atom. The van der Waals surface area contributed by atoms with Gasteiger partial charge in [0.15, 0.2) is 0 Å². The van der Waals surface area contributed by atoms with Crippen LogP contribution in [0.3, 0.4) is 0 Å². The molecule has 0 aliphatic heterocycles. The van der Waals surface area contributed by atoms with Gasteiger partial charge in [-0.3, -0.25) is 0 Å². The molecule has 17 heavy (non-hydrogen) atoms. The number of nitrogens with one attached hydrogen (secondary N) is 2. The van der Waals surface area contributed by atoms with Crippen LogP contribution in [-0.2, 0) is 0 Å². The second-order valence-electron chi connectivity index (χ2n) is 3.81. The molecule has 0 unspecified atom stereocenters. The molecule has 0 atom stereocenters. The Hall–Kier alpha value is -1.14. The number of carbonyl (C=O) groups is 1. The van der Waals surface area contributed by atoms with Crippen molar-refractivity contribution in [2.75, 3.05) is 32.5 Å². The number of likely N-dealkylation sites (N-methyl/N-ethyl adjacent to an activating group) is 1. The first-order valence-electron chi connectivity index (χ1n) is 5.13. The topological polar surface area (TPSA) is 44.4 Å². The molecule has 0 saturated carbocycles. The summed E-state index contributed by atoms with van der Waals surface area (Å²) in [6.07, 6.45) is 0. The lowest BCUT2D eigenvalue weighted by Crippen LogP contribution is -2.34. The Morgan fingerprint density at radius 2 is 2.18 bits per heavy atom. The van der Waals surface area contributed by atoms with E-state index in [2.05, 4.69) is 26.6 Å². The first kappa shape index (κ1) is 13.9. The molecular formula is C11H15BrFN3O. The molecule has 0 bridgehead atoms. The van der Waals surface area contributed by atoms with E-state index in [1.807, 2.05) is 19.0 Å². The van der Waals surface area contributed by atoms with Crippen LogP contribution in [0.2, 0.25) is 0 Å². The monoisotopic (exact) mass is 303 g/mol. The fraction of sp³-hybridized carbons (Fsp3) is 0.364. The van der Waals surface area contributed by atoms with Crippen molar-refractivity contribution in [3.63, 3.8) is 0 Å². The van der Waals surface area contributed by atoms with Crippen molar-refractivity contribution >= 4 is 27.6 Å². The Labute approximate surface area is 108 Å². The summed E-state index contributed by atoms with van der Waals surface area (Å²) in [6.45, 7) is 1.24. The van der Waals surface area contributed by atoms with Crippen LogP contribution in [0, 0.1) is 5.82 Å². The number of rotatable bonds is 4. The quantitative estimate of drug-likeness (QED) is 0.896. The molecule has 1 rings (SSSR count). The molecule has 1 aromatic carbocycles. The van der Waals surface area contributed by atoms with Gasteiger partial charge < -0.3 is 15.5 Å². The van der Waals surface area contributed by atoms with Crippen molar-refractivity contribution in [1.29, 1.82) is 0 Å². The number of amides is 2. The molecule has 0 saturated heterocycles. The normalized spacial score (nSPS) is 10.4. The fourth-order valence-electron chi connectivity index (χ4n) is 1.15. The molecule has 0 aliphatic rings. The van der Waals surface area contributed by atoms with E-state index in [1.54, 1.807) is 6.07 Å². The highest BCUT2D eigenvalue weighted by molar-refractivity contribution is 9.10. The predicted molar refractivity (Wildman–Crippen MR) is 69.7 cm³/mol. The molecule has 0 radical (unpaired) electrons. The van der Waals surface area contributed by atoms with Crippen LogP contribution in [0.4, 0.5) is 14.9 Å². The van der Waals surface area contributed by atoms with Crippen molar-refractivity contribution in [3.8, 4) is 0 Å². The minimum Gasteiger partial charge on any atom is -0.337 e. The summed E-state index contributed by atoms with van der Waals surface area (Å²) in [5, 5.41) is 5.08. The average Bonchev–Trinajstić information content (AvgIpc) is 2.21. The second-order valence-corrected chi connectivity index (χ2v) is 4.72. The van der Waals surface area contributed by atoms with E-state index in [0.29, 0.717) is 11.0 Å². The molecule has 1 aromatic rings. The number of benzene rings is 1. The zero-order valence-corrected chi connectivity index (χ0v) is 11.3. The van der Waals surface area contributed by atoms with Crippen LogP contribution in [0.15, 0.2) is 22.7 Å². The molecule has 6 heteroatoms. The van der Waals surface area contributed by atoms with Gasteiger partial charge in [-0.1, -0.05) is 15.9 Å². The fourth-order valence-corrected chi connectivity index (χ4v) is 1.48. The van der Waals surface area contributed by atoms with Crippen LogP contribution in [-0.4, -0.2) is 38.1 Å². The van der Waals surface area contributed by atoms with E-state index < -0.39 is 11.8 Å². The van der Waals surface area contributed by atoms with Crippen LogP contribution >= 0.6 is 15.9 Å². The Kier molecular flexibility index (Phi) is 5.37. The van der Waals surface area contributed by atoms with Crippen LogP contribution in [0.5, 0.6) is 0 Å². The van der Waals surface area contributed by atoms with Crippen molar-refractivity contribution in [1.82, 2.24) is 10.2 Å². The first-order valence-corrected chi connectivity index (χ1v) is 5.93. The van der Waals surface area contributed by atoms with Crippen molar-refractivity contribution in [3.05, 3.63) is 28.5 Å². The van der Waals surface area contributed by atoms with Crippen LogP contribution < -0.4 is 10.6 Å². The maximum absolute atomic E-state index is 13.4. The highest BCUT2D eigenvalue weighted by atomic mass is 79.9. The molecule has 0 aliphatic carbocycles. The SMILES string of the molecule is CN(C)CCNC(=O)Nc1ccc(Br)cc1F. The summed E-state index contributed by atoms with van der Waals surface area (Å²) in [4.78, 5) is 13.4. The number of anilines is 1. The van der Waals surface area contributed by atoms with Crippen molar-refractivity contribution in [2.45, 2.75) is 0 Å². The van der Waals surface area contributed by atoms with E-state index in [-0.39, 0.29) is 5.69 Å². The molecule has 2 amide bonds. The lowest BCUT2D eigenvalue weighted by atomic mass is 10.3. The maximum atomic E-state index is 13.4. The van der Waals surface area contributed by atoms with Gasteiger partial charge in [-0.25, -0.2) is 9.18 Å². The van der Waals surface area contributed by atoms with E-state index >= 15 is 0 Å². The van der Waals surface area contributed by atoms with Gasteiger partial charge in [-0.15, -0.1) is 0 Å². The van der Waals surface area contributed by atoms with Gasteiger partial charge in [0.25, 0.3) is 0 Å². The van der Waals surface area contributed by atoms with Gasteiger partial charge in [-0.05, 0) is 32.3 Å². The summed E-state index contributed by atoms with van der Waals surface area (Å²) >= 11 is 3.15. The standard InChI is InChI=1S/C11H15BrFN3O/c1-16(2)6-5-14-11(17)15-10-4-3-8(12)7-9(10)13/h3-4,7H,5-6H2,1-2H3,(H2,14,15,17).